The third kappa shape index (κ3) is 4.16. The van der Waals surface area contributed by atoms with Crippen LogP contribution >= 0.6 is 0 Å². The van der Waals surface area contributed by atoms with Crippen LogP contribution in [0.4, 0.5) is 10.1 Å². The Morgan fingerprint density at radius 3 is 2.72 bits per heavy atom. The lowest BCUT2D eigenvalue weighted by atomic mass is 10.2. The summed E-state index contributed by atoms with van der Waals surface area (Å²) in [5.74, 6) is 0.424. The topological polar surface area (TPSA) is 59.3 Å². The predicted molar refractivity (Wildman–Crippen MR) is 94.4 cm³/mol. The van der Waals surface area contributed by atoms with Gasteiger partial charge in [-0.3, -0.25) is 0 Å². The number of hydrogen-bond acceptors (Lipinski definition) is 4. The molecule has 0 unspecified atom stereocenters. The van der Waals surface area contributed by atoms with Crippen LogP contribution in [-0.4, -0.2) is 21.5 Å². The van der Waals surface area contributed by atoms with Gasteiger partial charge >= 0.3 is 0 Å². The number of aliphatic hydroxyl groups excluding tert-OH is 1. The molecule has 0 amide bonds. The van der Waals surface area contributed by atoms with Gasteiger partial charge in [-0.05, 0) is 49.4 Å². The SMILES string of the molecule is CCOc1ccc(NCc2cnn(-c3ccc(F)cc3)c2)cc1CO. The Hall–Kier alpha value is -2.86. The van der Waals surface area contributed by atoms with Gasteiger partial charge in [0.05, 0.1) is 25.1 Å². The lowest BCUT2D eigenvalue weighted by Gasteiger charge is -2.11. The standard InChI is InChI=1S/C19H20FN3O2/c1-2-25-19-8-5-17(9-15(19)13-24)21-10-14-11-22-23(12-14)18-6-3-16(20)4-7-18/h3-9,11-12,21,24H,2,10,13H2,1H3. The van der Waals surface area contributed by atoms with Crippen molar-refractivity contribution in [2.24, 2.45) is 0 Å². The van der Waals surface area contributed by atoms with Crippen LogP contribution in [-0.2, 0) is 13.2 Å². The highest BCUT2D eigenvalue weighted by atomic mass is 19.1. The number of hydrogen-bond donors (Lipinski definition) is 2. The molecule has 0 bridgehead atoms. The van der Waals surface area contributed by atoms with Crippen LogP contribution in [0.2, 0.25) is 0 Å². The predicted octanol–water partition coefficient (Wildman–Crippen LogP) is 3.51. The van der Waals surface area contributed by atoms with Crippen LogP contribution in [0.3, 0.4) is 0 Å². The number of ether oxygens (including phenoxy) is 1. The van der Waals surface area contributed by atoms with Crippen LogP contribution in [0.1, 0.15) is 18.1 Å². The number of anilines is 1. The highest BCUT2D eigenvalue weighted by Crippen LogP contribution is 2.23. The Balaban J connectivity index is 1.67. The average Bonchev–Trinajstić information content (AvgIpc) is 3.10. The van der Waals surface area contributed by atoms with Crippen molar-refractivity contribution in [3.05, 3.63) is 71.8 Å². The first-order valence-corrected chi connectivity index (χ1v) is 8.09. The molecule has 0 aliphatic heterocycles. The summed E-state index contributed by atoms with van der Waals surface area (Å²) in [6, 6.07) is 11.8. The highest BCUT2D eigenvalue weighted by molar-refractivity contribution is 5.51. The van der Waals surface area contributed by atoms with E-state index in [1.807, 2.05) is 31.3 Å². The molecule has 1 aromatic heterocycles. The van der Waals surface area contributed by atoms with Gasteiger partial charge < -0.3 is 15.2 Å². The van der Waals surface area contributed by atoms with Crippen molar-refractivity contribution in [3.63, 3.8) is 0 Å². The number of aliphatic hydroxyl groups is 1. The maximum Gasteiger partial charge on any atom is 0.124 e. The Kier molecular flexibility index (Phi) is 5.30. The minimum Gasteiger partial charge on any atom is -0.494 e. The second-order valence-electron chi connectivity index (χ2n) is 5.54. The normalized spacial score (nSPS) is 10.7. The molecule has 0 aliphatic carbocycles. The van der Waals surface area contributed by atoms with Crippen molar-refractivity contribution >= 4 is 5.69 Å². The molecule has 130 valence electrons. The zero-order valence-electron chi connectivity index (χ0n) is 13.9. The molecule has 0 aliphatic rings. The minimum atomic E-state index is -0.270. The molecule has 2 N–H and O–H groups in total. The van der Waals surface area contributed by atoms with E-state index in [-0.39, 0.29) is 12.4 Å². The molecular formula is C19H20FN3O2. The van der Waals surface area contributed by atoms with Crippen molar-refractivity contribution in [2.45, 2.75) is 20.1 Å². The number of aromatic nitrogens is 2. The Morgan fingerprint density at radius 1 is 1.20 bits per heavy atom. The fourth-order valence-corrected chi connectivity index (χ4v) is 2.50. The van der Waals surface area contributed by atoms with E-state index >= 15 is 0 Å². The second kappa shape index (κ2) is 7.81. The smallest absolute Gasteiger partial charge is 0.124 e. The Bertz CT molecular complexity index is 831. The third-order valence-electron chi connectivity index (χ3n) is 3.75. The van der Waals surface area contributed by atoms with E-state index < -0.39 is 0 Å². The molecule has 1 heterocycles. The van der Waals surface area contributed by atoms with Crippen LogP contribution in [0.15, 0.2) is 54.9 Å². The zero-order chi connectivity index (χ0) is 17.6. The fourth-order valence-electron chi connectivity index (χ4n) is 2.50. The van der Waals surface area contributed by atoms with E-state index in [1.165, 1.54) is 12.1 Å². The lowest BCUT2D eigenvalue weighted by Crippen LogP contribution is -2.01. The summed E-state index contributed by atoms with van der Waals surface area (Å²) < 4.78 is 20.2. The molecule has 3 rings (SSSR count). The summed E-state index contributed by atoms with van der Waals surface area (Å²) in [4.78, 5) is 0. The number of halogens is 1. The van der Waals surface area contributed by atoms with Gasteiger partial charge in [-0.2, -0.15) is 5.10 Å². The molecule has 0 spiro atoms. The van der Waals surface area contributed by atoms with Crippen LogP contribution in [0.25, 0.3) is 5.69 Å². The van der Waals surface area contributed by atoms with Gasteiger partial charge in [0.2, 0.25) is 0 Å². The molecule has 0 saturated carbocycles. The van der Waals surface area contributed by atoms with Crippen LogP contribution in [0.5, 0.6) is 5.75 Å². The second-order valence-corrected chi connectivity index (χ2v) is 5.54. The summed E-state index contributed by atoms with van der Waals surface area (Å²) >= 11 is 0. The number of benzene rings is 2. The van der Waals surface area contributed by atoms with E-state index in [2.05, 4.69) is 10.4 Å². The van der Waals surface area contributed by atoms with E-state index in [4.69, 9.17) is 4.74 Å². The largest absolute Gasteiger partial charge is 0.494 e. The molecular weight excluding hydrogens is 321 g/mol. The van der Waals surface area contributed by atoms with Crippen LogP contribution < -0.4 is 10.1 Å². The van der Waals surface area contributed by atoms with Crippen LogP contribution in [0, 0.1) is 5.82 Å². The molecule has 2 aromatic carbocycles. The first kappa shape index (κ1) is 17.0. The summed E-state index contributed by atoms with van der Waals surface area (Å²) in [5, 5.41) is 17.0. The van der Waals surface area contributed by atoms with E-state index in [9.17, 15) is 9.50 Å². The summed E-state index contributed by atoms with van der Waals surface area (Å²) in [7, 11) is 0. The van der Waals surface area contributed by atoms with E-state index in [1.54, 1.807) is 23.0 Å². The number of nitrogens with zero attached hydrogens (tertiary/aromatic N) is 2. The molecule has 25 heavy (non-hydrogen) atoms. The van der Waals surface area contributed by atoms with Crippen molar-refractivity contribution < 1.29 is 14.2 Å². The van der Waals surface area contributed by atoms with Crippen molar-refractivity contribution in [2.75, 3.05) is 11.9 Å². The maximum absolute atomic E-state index is 13.0. The van der Waals surface area contributed by atoms with Crippen molar-refractivity contribution in [1.82, 2.24) is 9.78 Å². The number of rotatable bonds is 7. The van der Waals surface area contributed by atoms with Crippen molar-refractivity contribution in [1.29, 1.82) is 0 Å². The summed E-state index contributed by atoms with van der Waals surface area (Å²) in [6.07, 6.45) is 3.65. The van der Waals surface area contributed by atoms with Gasteiger partial charge in [-0.15, -0.1) is 0 Å². The summed E-state index contributed by atoms with van der Waals surface area (Å²) in [6.45, 7) is 2.97. The first-order chi connectivity index (χ1) is 12.2. The van der Waals surface area contributed by atoms with Gasteiger partial charge in [0.15, 0.2) is 0 Å². The highest BCUT2D eigenvalue weighted by Gasteiger charge is 2.05. The average molecular weight is 341 g/mol. The van der Waals surface area contributed by atoms with Crippen molar-refractivity contribution in [3.8, 4) is 11.4 Å². The lowest BCUT2D eigenvalue weighted by molar-refractivity contribution is 0.267. The van der Waals surface area contributed by atoms with Gasteiger partial charge in [0, 0.05) is 29.6 Å². The van der Waals surface area contributed by atoms with E-state index in [0.29, 0.717) is 18.9 Å². The van der Waals surface area contributed by atoms with Gasteiger partial charge in [-0.25, -0.2) is 9.07 Å². The first-order valence-electron chi connectivity index (χ1n) is 8.09. The Morgan fingerprint density at radius 2 is 2.00 bits per heavy atom. The molecule has 0 saturated heterocycles. The van der Waals surface area contributed by atoms with E-state index in [0.717, 1.165) is 22.5 Å². The fraction of sp³-hybridized carbons (Fsp3) is 0.211. The van der Waals surface area contributed by atoms with Gasteiger partial charge in [0.25, 0.3) is 0 Å². The summed E-state index contributed by atoms with van der Waals surface area (Å²) in [5.41, 5.74) is 3.43. The van der Waals surface area contributed by atoms with Gasteiger partial charge in [-0.1, -0.05) is 0 Å². The molecule has 0 atom stereocenters. The number of nitrogens with one attached hydrogen (secondary N) is 1. The monoisotopic (exact) mass is 341 g/mol. The molecule has 3 aromatic rings. The third-order valence-corrected chi connectivity index (χ3v) is 3.75. The molecule has 0 fully saturated rings. The molecule has 0 radical (unpaired) electrons. The maximum atomic E-state index is 13.0. The quantitative estimate of drug-likeness (QED) is 0.690. The Labute approximate surface area is 145 Å². The molecule has 5 nitrogen and oxygen atoms in total. The minimum absolute atomic E-state index is 0.0760. The zero-order valence-corrected chi connectivity index (χ0v) is 13.9. The molecule has 6 heteroatoms. The van der Waals surface area contributed by atoms with Gasteiger partial charge in [0.1, 0.15) is 11.6 Å².